The fraction of sp³-hybridized carbons (Fsp3) is 0.812. The quantitative estimate of drug-likeness (QED) is 0.223. The van der Waals surface area contributed by atoms with E-state index in [0.717, 1.165) is 76.1 Å². The fourth-order valence-corrected chi connectivity index (χ4v) is 9.58. The fourth-order valence-electron chi connectivity index (χ4n) is 9.58. The predicted octanol–water partition coefficient (Wildman–Crippen LogP) is 4.07. The summed E-state index contributed by atoms with van der Waals surface area (Å²) in [6.45, 7) is 4.93. The molecule has 0 saturated heterocycles. The highest BCUT2D eigenvalue weighted by atomic mass is 16.5. The standard InChI is InChI=1S/C32H47NO7/c1-21(35)6-4-3-5-15-33-28(36)19-39-24-9-12-30(2)23(17-24)7-8-27-26(30)10-13-31(20-34)25(11-14-32(27,31)38)22-16-29(37)40-18-22/h16,20,23-27,38H,3-15,17-19H2,1-2H3,(H,33,36)/t23-,24+,25-,26+,27-,30+,31+,32+/m1/s1. The summed E-state index contributed by atoms with van der Waals surface area (Å²) in [6, 6.07) is 0. The molecule has 4 aliphatic carbocycles. The summed E-state index contributed by atoms with van der Waals surface area (Å²) in [5.41, 5.74) is -0.918. The Balaban J connectivity index is 1.16. The van der Waals surface area contributed by atoms with E-state index < -0.39 is 11.0 Å². The number of hydrogen-bond acceptors (Lipinski definition) is 7. The second kappa shape index (κ2) is 11.7. The minimum Gasteiger partial charge on any atom is -0.458 e. The van der Waals surface area contributed by atoms with Gasteiger partial charge < -0.3 is 29.5 Å². The number of rotatable bonds is 11. The molecule has 0 aromatic heterocycles. The van der Waals surface area contributed by atoms with Crippen molar-refractivity contribution in [2.45, 2.75) is 109 Å². The topological polar surface area (TPSA) is 119 Å². The summed E-state index contributed by atoms with van der Waals surface area (Å²) >= 11 is 0. The second-order valence-corrected chi connectivity index (χ2v) is 13.6. The second-order valence-electron chi connectivity index (χ2n) is 13.6. The molecule has 0 aromatic rings. The van der Waals surface area contributed by atoms with Gasteiger partial charge in [-0.1, -0.05) is 13.3 Å². The molecule has 0 unspecified atom stereocenters. The van der Waals surface area contributed by atoms with Crippen LogP contribution in [0.5, 0.6) is 0 Å². The van der Waals surface area contributed by atoms with Gasteiger partial charge in [-0.3, -0.25) is 4.79 Å². The Morgan fingerprint density at radius 3 is 2.65 bits per heavy atom. The Kier molecular flexibility index (Phi) is 8.59. The molecule has 8 nitrogen and oxygen atoms in total. The largest absolute Gasteiger partial charge is 0.458 e. The van der Waals surface area contributed by atoms with Crippen LogP contribution in [0.1, 0.15) is 97.3 Å². The first-order valence-electron chi connectivity index (χ1n) is 15.6. The van der Waals surface area contributed by atoms with Gasteiger partial charge in [-0.25, -0.2) is 4.79 Å². The van der Waals surface area contributed by atoms with Crippen LogP contribution in [0.2, 0.25) is 0 Å². The number of amides is 1. The van der Waals surface area contributed by atoms with Crippen molar-refractivity contribution in [1.82, 2.24) is 5.32 Å². The Morgan fingerprint density at radius 1 is 1.10 bits per heavy atom. The average Bonchev–Trinajstić information content (AvgIpc) is 3.49. The number of cyclic esters (lactones) is 1. The van der Waals surface area contributed by atoms with Crippen LogP contribution in [-0.4, -0.2) is 60.5 Å². The molecule has 4 saturated carbocycles. The number of Topliss-reactive ketones (excluding diaryl/α,β-unsaturated/α-hetero) is 1. The third kappa shape index (κ3) is 5.19. The summed E-state index contributed by atoms with van der Waals surface area (Å²) in [6.07, 6.45) is 13.5. The van der Waals surface area contributed by atoms with Gasteiger partial charge in [-0.05, 0) is 112 Å². The van der Waals surface area contributed by atoms with Gasteiger partial charge in [0.25, 0.3) is 0 Å². The smallest absolute Gasteiger partial charge is 0.331 e. The van der Waals surface area contributed by atoms with Gasteiger partial charge in [0, 0.05) is 19.0 Å². The zero-order valence-corrected chi connectivity index (χ0v) is 24.3. The Labute approximate surface area is 238 Å². The van der Waals surface area contributed by atoms with E-state index >= 15 is 0 Å². The Bertz CT molecular complexity index is 1040. The van der Waals surface area contributed by atoms with Gasteiger partial charge in [0.05, 0.1) is 17.1 Å². The number of unbranched alkanes of at least 4 members (excludes halogenated alkanes) is 2. The summed E-state index contributed by atoms with van der Waals surface area (Å²) < 4.78 is 11.3. The van der Waals surface area contributed by atoms with E-state index in [0.29, 0.717) is 37.6 Å². The van der Waals surface area contributed by atoms with Crippen molar-refractivity contribution in [3.8, 4) is 0 Å². The molecular formula is C32H47NO7. The van der Waals surface area contributed by atoms with E-state index in [1.807, 2.05) is 0 Å². The van der Waals surface area contributed by atoms with Gasteiger partial charge >= 0.3 is 5.97 Å². The van der Waals surface area contributed by atoms with E-state index in [1.165, 1.54) is 0 Å². The molecule has 1 aliphatic heterocycles. The highest BCUT2D eigenvalue weighted by Gasteiger charge is 2.69. The van der Waals surface area contributed by atoms with Crippen molar-refractivity contribution in [2.75, 3.05) is 19.8 Å². The molecule has 0 radical (unpaired) electrons. The van der Waals surface area contributed by atoms with Crippen LogP contribution >= 0.6 is 0 Å². The molecule has 0 spiro atoms. The van der Waals surface area contributed by atoms with E-state index in [4.69, 9.17) is 9.47 Å². The molecule has 40 heavy (non-hydrogen) atoms. The first-order valence-corrected chi connectivity index (χ1v) is 15.6. The zero-order chi connectivity index (χ0) is 28.5. The number of esters is 1. The Morgan fingerprint density at radius 2 is 1.93 bits per heavy atom. The maximum absolute atomic E-state index is 12.8. The van der Waals surface area contributed by atoms with Gasteiger partial charge in [-0.15, -0.1) is 0 Å². The number of carbonyl (C=O) groups is 4. The van der Waals surface area contributed by atoms with Crippen LogP contribution in [0, 0.1) is 34.5 Å². The SMILES string of the molecule is CC(=O)CCCCCNC(=O)CO[C@H]1CC[C@@]2(C)[C@H](CC[C@@H]3[C@@H]2CC[C@]2(C=O)[C@@H](C4=CC(=O)OC4)CC[C@]32O)C1. The number of ether oxygens (including phenoxy) is 2. The molecule has 4 fully saturated rings. The molecule has 5 aliphatic rings. The van der Waals surface area contributed by atoms with E-state index in [2.05, 4.69) is 12.2 Å². The highest BCUT2D eigenvalue weighted by Crippen LogP contribution is 2.69. The molecule has 0 bridgehead atoms. The van der Waals surface area contributed by atoms with Gasteiger partial charge in [0.15, 0.2) is 0 Å². The van der Waals surface area contributed by atoms with Gasteiger partial charge in [-0.2, -0.15) is 0 Å². The third-order valence-corrected chi connectivity index (χ3v) is 11.7. The number of carbonyl (C=O) groups excluding carboxylic acids is 4. The normalized spacial score (nSPS) is 40.3. The van der Waals surface area contributed by atoms with E-state index in [1.54, 1.807) is 13.0 Å². The summed E-state index contributed by atoms with van der Waals surface area (Å²) in [4.78, 5) is 47.9. The summed E-state index contributed by atoms with van der Waals surface area (Å²) in [5.74, 6) is 0.574. The van der Waals surface area contributed by atoms with Crippen LogP contribution in [-0.2, 0) is 28.7 Å². The number of aliphatic hydroxyl groups is 1. The van der Waals surface area contributed by atoms with Crippen LogP contribution in [0.3, 0.4) is 0 Å². The number of aldehydes is 1. The molecule has 5 rings (SSSR count). The minimum absolute atomic E-state index is 0.0689. The monoisotopic (exact) mass is 557 g/mol. The van der Waals surface area contributed by atoms with Crippen molar-refractivity contribution < 1.29 is 33.8 Å². The van der Waals surface area contributed by atoms with Crippen LogP contribution in [0.25, 0.3) is 0 Å². The highest BCUT2D eigenvalue weighted by molar-refractivity contribution is 5.85. The van der Waals surface area contributed by atoms with Crippen LogP contribution < -0.4 is 5.32 Å². The van der Waals surface area contributed by atoms with Crippen molar-refractivity contribution >= 4 is 23.9 Å². The lowest BCUT2D eigenvalue weighted by Gasteiger charge is -2.63. The van der Waals surface area contributed by atoms with Gasteiger partial charge in [0.1, 0.15) is 25.3 Å². The number of fused-ring (bicyclic) bond motifs is 5. The van der Waals surface area contributed by atoms with E-state index in [-0.39, 0.29) is 54.2 Å². The number of nitrogens with one attached hydrogen (secondary N) is 1. The first kappa shape index (κ1) is 29.4. The number of ketones is 1. The maximum Gasteiger partial charge on any atom is 0.331 e. The average molecular weight is 558 g/mol. The maximum atomic E-state index is 12.8. The van der Waals surface area contributed by atoms with Crippen molar-refractivity contribution in [3.63, 3.8) is 0 Å². The Hall–Kier alpha value is -2.06. The van der Waals surface area contributed by atoms with E-state index in [9.17, 15) is 24.3 Å². The molecule has 1 heterocycles. The molecule has 0 aromatic carbocycles. The minimum atomic E-state index is -1.04. The lowest BCUT2D eigenvalue weighted by molar-refractivity contribution is -0.208. The van der Waals surface area contributed by atoms with Crippen molar-refractivity contribution in [2.24, 2.45) is 34.5 Å². The number of hydrogen-bond donors (Lipinski definition) is 2. The van der Waals surface area contributed by atoms with Crippen molar-refractivity contribution in [1.29, 1.82) is 0 Å². The summed E-state index contributed by atoms with van der Waals surface area (Å²) in [7, 11) is 0. The molecule has 8 heteroatoms. The molecule has 2 N–H and O–H groups in total. The molecule has 8 atom stereocenters. The molecular weight excluding hydrogens is 510 g/mol. The lowest BCUT2D eigenvalue weighted by atomic mass is 9.43. The van der Waals surface area contributed by atoms with Crippen LogP contribution in [0.4, 0.5) is 0 Å². The predicted molar refractivity (Wildman–Crippen MR) is 148 cm³/mol. The van der Waals surface area contributed by atoms with Gasteiger partial charge in [0.2, 0.25) is 5.91 Å². The third-order valence-electron chi connectivity index (χ3n) is 11.7. The molecule has 222 valence electrons. The van der Waals surface area contributed by atoms with Crippen molar-refractivity contribution in [3.05, 3.63) is 11.6 Å². The molecule has 1 amide bonds. The zero-order valence-electron chi connectivity index (χ0n) is 24.3. The van der Waals surface area contributed by atoms with Crippen LogP contribution in [0.15, 0.2) is 11.6 Å². The first-order chi connectivity index (χ1) is 19.1. The summed E-state index contributed by atoms with van der Waals surface area (Å²) in [5, 5.41) is 15.3. The lowest BCUT2D eigenvalue weighted by Crippen LogP contribution is -2.63.